The Balaban J connectivity index is 1.90. The maximum absolute atomic E-state index is 12.3. The summed E-state index contributed by atoms with van der Waals surface area (Å²) in [4.78, 5) is 14.2. The third kappa shape index (κ3) is 3.18. The van der Waals surface area contributed by atoms with E-state index in [1.54, 1.807) is 7.11 Å². The summed E-state index contributed by atoms with van der Waals surface area (Å²) in [6.45, 7) is 5.05. The first-order valence-corrected chi connectivity index (χ1v) is 6.37. The van der Waals surface area contributed by atoms with Crippen LogP contribution in [-0.2, 0) is 14.3 Å². The molecule has 1 N–H and O–H groups in total. The van der Waals surface area contributed by atoms with E-state index in [2.05, 4.69) is 5.32 Å². The van der Waals surface area contributed by atoms with Gasteiger partial charge >= 0.3 is 0 Å². The minimum absolute atomic E-state index is 0.0785. The Labute approximate surface area is 102 Å². The third-order valence-corrected chi connectivity index (χ3v) is 3.49. The molecule has 98 valence electrons. The normalized spacial score (nSPS) is 34.7. The van der Waals surface area contributed by atoms with Crippen LogP contribution >= 0.6 is 0 Å². The van der Waals surface area contributed by atoms with Crippen molar-refractivity contribution in [2.24, 2.45) is 0 Å². The van der Waals surface area contributed by atoms with Gasteiger partial charge in [0, 0.05) is 33.4 Å². The number of ether oxygens (including phenoxy) is 2. The molecule has 2 saturated heterocycles. The van der Waals surface area contributed by atoms with E-state index in [-0.39, 0.29) is 24.2 Å². The number of amides is 1. The number of carbonyl (C=O) groups excluding carboxylic acids is 1. The Bertz CT molecular complexity index is 272. The first-order chi connectivity index (χ1) is 8.20. The molecule has 2 aliphatic heterocycles. The number of nitrogens with zero attached hydrogens (tertiary/aromatic N) is 1. The molecule has 3 unspecified atom stereocenters. The topological polar surface area (TPSA) is 50.8 Å². The number of hydrogen-bond acceptors (Lipinski definition) is 4. The average Bonchev–Trinajstić information content (AvgIpc) is 2.71. The van der Waals surface area contributed by atoms with Crippen molar-refractivity contribution in [3.8, 4) is 0 Å². The van der Waals surface area contributed by atoms with E-state index in [1.165, 1.54) is 0 Å². The predicted octanol–water partition coefficient (Wildman–Crippen LogP) is 0.000700. The minimum Gasteiger partial charge on any atom is -0.380 e. The molecule has 0 radical (unpaired) electrons. The van der Waals surface area contributed by atoms with Crippen LogP contribution in [0.1, 0.15) is 19.8 Å². The number of hydrogen-bond donors (Lipinski definition) is 1. The molecule has 1 amide bonds. The van der Waals surface area contributed by atoms with Gasteiger partial charge in [0.1, 0.15) is 0 Å². The van der Waals surface area contributed by atoms with Crippen molar-refractivity contribution in [3.63, 3.8) is 0 Å². The highest BCUT2D eigenvalue weighted by molar-refractivity contribution is 5.82. The smallest absolute Gasteiger partial charge is 0.239 e. The second-order valence-corrected chi connectivity index (χ2v) is 4.87. The Hall–Kier alpha value is -0.650. The maximum Gasteiger partial charge on any atom is 0.239 e. The van der Waals surface area contributed by atoms with Gasteiger partial charge in [-0.1, -0.05) is 0 Å². The van der Waals surface area contributed by atoms with Gasteiger partial charge in [0.05, 0.1) is 18.2 Å². The van der Waals surface area contributed by atoms with Gasteiger partial charge in [-0.25, -0.2) is 0 Å². The van der Waals surface area contributed by atoms with Gasteiger partial charge < -0.3 is 19.7 Å². The molecular weight excluding hydrogens is 220 g/mol. The lowest BCUT2D eigenvalue weighted by atomic mass is 10.1. The highest BCUT2D eigenvalue weighted by Crippen LogP contribution is 2.14. The Morgan fingerprint density at radius 1 is 1.53 bits per heavy atom. The summed E-state index contributed by atoms with van der Waals surface area (Å²) in [5, 5.41) is 3.23. The fourth-order valence-corrected chi connectivity index (χ4v) is 2.49. The molecule has 0 aromatic rings. The van der Waals surface area contributed by atoms with Gasteiger partial charge in [-0.3, -0.25) is 4.79 Å². The molecule has 17 heavy (non-hydrogen) atoms. The summed E-state index contributed by atoms with van der Waals surface area (Å²) >= 11 is 0. The fraction of sp³-hybridized carbons (Fsp3) is 0.917. The SMILES string of the molecule is COC1CNC(C(=O)N2CCCOC(C)C2)C1. The van der Waals surface area contributed by atoms with E-state index in [0.29, 0.717) is 6.54 Å². The lowest BCUT2D eigenvalue weighted by molar-refractivity contribution is -0.133. The van der Waals surface area contributed by atoms with Gasteiger partial charge in [0.15, 0.2) is 0 Å². The second-order valence-electron chi connectivity index (χ2n) is 4.87. The summed E-state index contributed by atoms with van der Waals surface area (Å²) in [6.07, 6.45) is 2.02. The lowest BCUT2D eigenvalue weighted by Crippen LogP contribution is -2.45. The van der Waals surface area contributed by atoms with Crippen LogP contribution in [0, 0.1) is 0 Å². The number of rotatable bonds is 2. The zero-order chi connectivity index (χ0) is 12.3. The fourth-order valence-electron chi connectivity index (χ4n) is 2.49. The molecule has 0 bridgehead atoms. The van der Waals surface area contributed by atoms with Crippen LogP contribution in [0.3, 0.4) is 0 Å². The molecule has 2 rings (SSSR count). The Morgan fingerprint density at radius 3 is 3.06 bits per heavy atom. The molecular formula is C12H22N2O3. The van der Waals surface area contributed by atoms with Gasteiger partial charge in [0.2, 0.25) is 5.91 Å². The maximum atomic E-state index is 12.3. The van der Waals surface area contributed by atoms with Crippen LogP contribution in [0.25, 0.3) is 0 Å². The van der Waals surface area contributed by atoms with Crippen LogP contribution in [0.5, 0.6) is 0 Å². The first-order valence-electron chi connectivity index (χ1n) is 6.37. The van der Waals surface area contributed by atoms with Gasteiger partial charge in [-0.2, -0.15) is 0 Å². The zero-order valence-electron chi connectivity index (χ0n) is 10.6. The molecule has 0 saturated carbocycles. The Kier molecular flexibility index (Phi) is 4.36. The van der Waals surface area contributed by atoms with Gasteiger partial charge in [-0.05, 0) is 19.8 Å². The third-order valence-electron chi connectivity index (χ3n) is 3.49. The molecule has 2 aliphatic rings. The van der Waals surface area contributed by atoms with Gasteiger partial charge in [-0.15, -0.1) is 0 Å². The zero-order valence-corrected chi connectivity index (χ0v) is 10.6. The molecule has 5 heteroatoms. The molecule has 0 spiro atoms. The van der Waals surface area contributed by atoms with Crippen molar-refractivity contribution in [1.29, 1.82) is 0 Å². The summed E-state index contributed by atoms with van der Waals surface area (Å²) in [6, 6.07) is -0.0785. The van der Waals surface area contributed by atoms with Crippen molar-refractivity contribution in [1.82, 2.24) is 10.2 Å². The summed E-state index contributed by atoms with van der Waals surface area (Å²) in [5.41, 5.74) is 0. The molecule has 2 heterocycles. The molecule has 2 fully saturated rings. The van der Waals surface area contributed by atoms with E-state index in [4.69, 9.17) is 9.47 Å². The van der Waals surface area contributed by atoms with E-state index in [0.717, 1.165) is 32.5 Å². The molecule has 0 aliphatic carbocycles. The number of methoxy groups -OCH3 is 1. The second kappa shape index (κ2) is 5.80. The highest BCUT2D eigenvalue weighted by Gasteiger charge is 2.33. The molecule has 5 nitrogen and oxygen atoms in total. The number of carbonyl (C=O) groups is 1. The van der Waals surface area contributed by atoms with Crippen molar-refractivity contribution in [2.75, 3.05) is 33.4 Å². The summed E-state index contributed by atoms with van der Waals surface area (Å²) in [5.74, 6) is 0.196. The average molecular weight is 242 g/mol. The van der Waals surface area contributed by atoms with Crippen molar-refractivity contribution in [2.45, 2.75) is 38.0 Å². The lowest BCUT2D eigenvalue weighted by Gasteiger charge is -2.25. The van der Waals surface area contributed by atoms with Crippen molar-refractivity contribution >= 4 is 5.91 Å². The van der Waals surface area contributed by atoms with Crippen molar-refractivity contribution in [3.05, 3.63) is 0 Å². The summed E-state index contributed by atoms with van der Waals surface area (Å²) in [7, 11) is 1.70. The first kappa shape index (κ1) is 12.8. The minimum atomic E-state index is -0.0785. The largest absolute Gasteiger partial charge is 0.380 e. The van der Waals surface area contributed by atoms with Crippen LogP contribution in [0.4, 0.5) is 0 Å². The standard InChI is InChI=1S/C12H22N2O3/c1-9-8-14(4-3-5-17-9)12(15)11-6-10(16-2)7-13-11/h9-11,13H,3-8H2,1-2H3. The Morgan fingerprint density at radius 2 is 2.35 bits per heavy atom. The van der Waals surface area contributed by atoms with Crippen molar-refractivity contribution < 1.29 is 14.3 Å². The van der Waals surface area contributed by atoms with E-state index < -0.39 is 0 Å². The van der Waals surface area contributed by atoms with Crippen LogP contribution in [-0.4, -0.2) is 62.4 Å². The molecule has 0 aromatic heterocycles. The summed E-state index contributed by atoms with van der Waals surface area (Å²) < 4.78 is 10.8. The van der Waals surface area contributed by atoms with Crippen LogP contribution in [0.15, 0.2) is 0 Å². The van der Waals surface area contributed by atoms with Crippen LogP contribution in [0.2, 0.25) is 0 Å². The molecule has 0 aromatic carbocycles. The van der Waals surface area contributed by atoms with Gasteiger partial charge in [0.25, 0.3) is 0 Å². The molecule has 3 atom stereocenters. The predicted molar refractivity (Wildman–Crippen MR) is 63.8 cm³/mol. The van der Waals surface area contributed by atoms with E-state index in [1.807, 2.05) is 11.8 Å². The van der Waals surface area contributed by atoms with E-state index in [9.17, 15) is 4.79 Å². The highest BCUT2D eigenvalue weighted by atomic mass is 16.5. The van der Waals surface area contributed by atoms with E-state index >= 15 is 0 Å². The number of nitrogens with one attached hydrogen (secondary N) is 1. The van der Waals surface area contributed by atoms with Crippen LogP contribution < -0.4 is 5.32 Å². The monoisotopic (exact) mass is 242 g/mol. The quantitative estimate of drug-likeness (QED) is 0.740.